The number of halogens is 2. The van der Waals surface area contributed by atoms with Crippen LogP contribution >= 0.6 is 15.9 Å². The first-order chi connectivity index (χ1) is 10.5. The van der Waals surface area contributed by atoms with Gasteiger partial charge >= 0.3 is 0 Å². The minimum atomic E-state index is -0.347. The number of methoxy groups -OCH3 is 2. The molecule has 1 N–H and O–H groups in total. The molecule has 6 heteroatoms. The van der Waals surface area contributed by atoms with Crippen LogP contribution < -0.4 is 14.8 Å². The molecule has 0 unspecified atom stereocenters. The van der Waals surface area contributed by atoms with Crippen molar-refractivity contribution in [1.29, 1.82) is 0 Å². The molecule has 4 nitrogen and oxygen atoms in total. The number of hydrogen-bond acceptors (Lipinski definition) is 3. The van der Waals surface area contributed by atoms with Crippen molar-refractivity contribution in [2.75, 3.05) is 19.5 Å². The van der Waals surface area contributed by atoms with Gasteiger partial charge < -0.3 is 14.8 Å². The van der Waals surface area contributed by atoms with Gasteiger partial charge in [0.05, 0.1) is 20.6 Å². The summed E-state index contributed by atoms with van der Waals surface area (Å²) < 4.78 is 24.0. The second-order valence-corrected chi connectivity index (χ2v) is 5.38. The normalized spacial score (nSPS) is 10.2. The number of rotatable bonds is 5. The summed E-state index contributed by atoms with van der Waals surface area (Å²) in [5.41, 5.74) is 1.31. The number of ether oxygens (including phenoxy) is 2. The van der Waals surface area contributed by atoms with Crippen LogP contribution in [0.2, 0.25) is 0 Å². The Hall–Kier alpha value is -2.08. The van der Waals surface area contributed by atoms with Crippen LogP contribution in [0.1, 0.15) is 5.56 Å². The number of benzene rings is 2. The van der Waals surface area contributed by atoms with Gasteiger partial charge in [0.2, 0.25) is 5.91 Å². The second kappa shape index (κ2) is 7.26. The maximum atomic E-state index is 12.8. The summed E-state index contributed by atoms with van der Waals surface area (Å²) in [7, 11) is 3.08. The first-order valence-corrected chi connectivity index (χ1v) is 7.28. The molecule has 0 fully saturated rings. The minimum absolute atomic E-state index is 0.151. The maximum Gasteiger partial charge on any atom is 0.228 e. The fraction of sp³-hybridized carbons (Fsp3) is 0.188. The van der Waals surface area contributed by atoms with E-state index in [0.29, 0.717) is 17.2 Å². The molecule has 0 bridgehead atoms. The van der Waals surface area contributed by atoms with Crippen molar-refractivity contribution >= 4 is 27.5 Å². The first-order valence-electron chi connectivity index (χ1n) is 6.49. The van der Waals surface area contributed by atoms with Crippen LogP contribution in [0.4, 0.5) is 10.1 Å². The summed E-state index contributed by atoms with van der Waals surface area (Å²) in [6, 6.07) is 9.10. The number of amides is 1. The van der Waals surface area contributed by atoms with Gasteiger partial charge in [-0.2, -0.15) is 0 Å². The number of anilines is 1. The van der Waals surface area contributed by atoms with Gasteiger partial charge in [-0.15, -0.1) is 0 Å². The van der Waals surface area contributed by atoms with Gasteiger partial charge in [0.25, 0.3) is 0 Å². The lowest BCUT2D eigenvalue weighted by atomic mass is 10.1. The minimum Gasteiger partial charge on any atom is -0.493 e. The highest BCUT2D eigenvalue weighted by Gasteiger charge is 2.13. The summed E-state index contributed by atoms with van der Waals surface area (Å²) in [4.78, 5) is 12.1. The fourth-order valence-electron chi connectivity index (χ4n) is 1.94. The van der Waals surface area contributed by atoms with E-state index in [1.807, 2.05) is 0 Å². The van der Waals surface area contributed by atoms with Crippen LogP contribution in [0.3, 0.4) is 0 Å². The summed E-state index contributed by atoms with van der Waals surface area (Å²) >= 11 is 3.41. The molecule has 0 atom stereocenters. The van der Waals surface area contributed by atoms with Crippen LogP contribution in [0.5, 0.6) is 11.5 Å². The molecule has 22 heavy (non-hydrogen) atoms. The van der Waals surface area contributed by atoms with E-state index in [4.69, 9.17) is 9.47 Å². The average molecular weight is 368 g/mol. The molecule has 0 spiro atoms. The Morgan fingerprint density at radius 2 is 1.73 bits per heavy atom. The van der Waals surface area contributed by atoms with Crippen molar-refractivity contribution < 1.29 is 18.7 Å². The van der Waals surface area contributed by atoms with Crippen molar-refractivity contribution in [3.8, 4) is 11.5 Å². The molecule has 0 aliphatic carbocycles. The quantitative estimate of drug-likeness (QED) is 0.874. The lowest BCUT2D eigenvalue weighted by Crippen LogP contribution is -2.14. The molecule has 2 aromatic carbocycles. The Labute approximate surface area is 136 Å². The molecule has 0 radical (unpaired) electrons. The van der Waals surface area contributed by atoms with Crippen molar-refractivity contribution in [1.82, 2.24) is 0 Å². The summed E-state index contributed by atoms with van der Waals surface area (Å²) in [6.45, 7) is 0. The van der Waals surface area contributed by atoms with Gasteiger partial charge in [-0.25, -0.2) is 4.39 Å². The Morgan fingerprint density at radius 3 is 2.32 bits per heavy atom. The molecule has 116 valence electrons. The number of carbonyl (C=O) groups excluding carboxylic acids is 1. The van der Waals surface area contributed by atoms with E-state index in [2.05, 4.69) is 21.2 Å². The zero-order valence-corrected chi connectivity index (χ0v) is 13.7. The molecule has 0 saturated heterocycles. The van der Waals surface area contributed by atoms with E-state index in [1.165, 1.54) is 31.4 Å². The molecule has 0 aromatic heterocycles. The lowest BCUT2D eigenvalue weighted by Gasteiger charge is -2.12. The highest BCUT2D eigenvalue weighted by atomic mass is 79.9. The predicted octanol–water partition coefficient (Wildman–Crippen LogP) is 3.79. The highest BCUT2D eigenvalue weighted by molar-refractivity contribution is 9.10. The first kappa shape index (κ1) is 16.3. The number of carbonyl (C=O) groups is 1. The van der Waals surface area contributed by atoms with Gasteiger partial charge in [0.1, 0.15) is 5.82 Å². The van der Waals surface area contributed by atoms with Crippen molar-refractivity contribution in [2.24, 2.45) is 0 Å². The topological polar surface area (TPSA) is 47.6 Å². The lowest BCUT2D eigenvalue weighted by molar-refractivity contribution is -0.115. The van der Waals surface area contributed by atoms with Crippen LogP contribution in [-0.2, 0) is 11.2 Å². The Bertz CT molecular complexity index is 674. The average Bonchev–Trinajstić information content (AvgIpc) is 2.51. The third-order valence-corrected chi connectivity index (χ3v) is 3.77. The van der Waals surface area contributed by atoms with Crippen LogP contribution in [-0.4, -0.2) is 20.1 Å². The monoisotopic (exact) mass is 367 g/mol. The van der Waals surface area contributed by atoms with Gasteiger partial charge in [0.15, 0.2) is 11.5 Å². The smallest absolute Gasteiger partial charge is 0.228 e. The van der Waals surface area contributed by atoms with Gasteiger partial charge in [0, 0.05) is 10.2 Å². The predicted molar refractivity (Wildman–Crippen MR) is 86.0 cm³/mol. The summed E-state index contributed by atoms with van der Waals surface area (Å²) in [6.07, 6.45) is 0.151. The molecule has 2 rings (SSSR count). The van der Waals surface area contributed by atoms with Crippen LogP contribution in [0.15, 0.2) is 40.9 Å². The van der Waals surface area contributed by atoms with E-state index < -0.39 is 0 Å². The SMILES string of the molecule is COc1cc(Br)c(CC(=O)Nc2ccc(F)cc2)cc1OC. The molecule has 0 heterocycles. The Kier molecular flexibility index (Phi) is 5.38. The van der Waals surface area contributed by atoms with Crippen molar-refractivity contribution in [2.45, 2.75) is 6.42 Å². The highest BCUT2D eigenvalue weighted by Crippen LogP contribution is 2.33. The number of hydrogen-bond donors (Lipinski definition) is 1. The van der Waals surface area contributed by atoms with E-state index in [1.54, 1.807) is 19.2 Å². The van der Waals surface area contributed by atoms with Gasteiger partial charge in [-0.05, 0) is 42.0 Å². The second-order valence-electron chi connectivity index (χ2n) is 4.53. The van der Waals surface area contributed by atoms with E-state index in [9.17, 15) is 9.18 Å². The third kappa shape index (κ3) is 3.98. The largest absolute Gasteiger partial charge is 0.493 e. The molecule has 1 amide bonds. The molecular formula is C16H15BrFNO3. The molecule has 0 aliphatic rings. The van der Waals surface area contributed by atoms with Gasteiger partial charge in [-0.3, -0.25) is 4.79 Å². The Morgan fingerprint density at radius 1 is 1.14 bits per heavy atom. The van der Waals surface area contributed by atoms with Crippen LogP contribution in [0.25, 0.3) is 0 Å². The summed E-state index contributed by atoms with van der Waals surface area (Å²) in [5.74, 6) is 0.576. The molecule has 0 aliphatic heterocycles. The number of nitrogens with one attached hydrogen (secondary N) is 1. The van der Waals surface area contributed by atoms with E-state index >= 15 is 0 Å². The molecule has 2 aromatic rings. The summed E-state index contributed by atoms with van der Waals surface area (Å²) in [5, 5.41) is 2.71. The zero-order valence-electron chi connectivity index (χ0n) is 12.2. The molecule has 0 saturated carbocycles. The zero-order chi connectivity index (χ0) is 16.1. The van der Waals surface area contributed by atoms with Crippen molar-refractivity contribution in [3.63, 3.8) is 0 Å². The standard InChI is InChI=1S/C16H15BrFNO3/c1-21-14-7-10(13(17)9-15(14)22-2)8-16(20)19-12-5-3-11(18)4-6-12/h3-7,9H,8H2,1-2H3,(H,19,20). The fourth-order valence-corrected chi connectivity index (χ4v) is 2.41. The van der Waals surface area contributed by atoms with E-state index in [0.717, 1.165) is 10.0 Å². The van der Waals surface area contributed by atoms with Crippen LogP contribution in [0, 0.1) is 5.82 Å². The van der Waals surface area contributed by atoms with E-state index in [-0.39, 0.29) is 18.1 Å². The third-order valence-electron chi connectivity index (χ3n) is 3.03. The van der Waals surface area contributed by atoms with Gasteiger partial charge in [-0.1, -0.05) is 15.9 Å². The van der Waals surface area contributed by atoms with Crippen molar-refractivity contribution in [3.05, 3.63) is 52.3 Å². The molecular weight excluding hydrogens is 353 g/mol. The Balaban J connectivity index is 2.12. The maximum absolute atomic E-state index is 12.8.